The third kappa shape index (κ3) is 3.13. The van der Waals surface area contributed by atoms with Gasteiger partial charge in [0, 0.05) is 19.1 Å². The van der Waals surface area contributed by atoms with Gasteiger partial charge in [-0.3, -0.25) is 4.79 Å². The number of halogens is 3. The van der Waals surface area contributed by atoms with Crippen molar-refractivity contribution in [2.75, 3.05) is 13.1 Å². The van der Waals surface area contributed by atoms with Crippen molar-refractivity contribution in [1.29, 1.82) is 0 Å². The predicted molar refractivity (Wildman–Crippen MR) is 71.8 cm³/mol. The normalized spacial score (nSPS) is 19.3. The minimum atomic E-state index is -0.582. The number of rotatable bonds is 1. The van der Waals surface area contributed by atoms with E-state index in [-0.39, 0.29) is 34.9 Å². The molecular weight excluding hydrogens is 278 g/mol. The molecule has 0 bridgehead atoms. The van der Waals surface area contributed by atoms with E-state index in [0.717, 1.165) is 12.8 Å². The molecule has 1 aromatic carbocycles. The Balaban J connectivity index is 0.00000162. The molecule has 0 spiro atoms. The van der Waals surface area contributed by atoms with E-state index < -0.39 is 5.82 Å². The number of likely N-dealkylation sites (tertiary alicyclic amines) is 1. The van der Waals surface area contributed by atoms with Gasteiger partial charge in [-0.25, -0.2) is 4.39 Å². The first-order chi connectivity index (χ1) is 8.09. The van der Waals surface area contributed by atoms with Crippen molar-refractivity contribution in [2.24, 2.45) is 5.73 Å². The molecule has 2 rings (SSSR count). The van der Waals surface area contributed by atoms with Gasteiger partial charge in [-0.05, 0) is 25.0 Å². The molecule has 1 unspecified atom stereocenters. The number of hydrogen-bond acceptors (Lipinski definition) is 2. The second-order valence-electron chi connectivity index (χ2n) is 4.25. The third-order valence-electron chi connectivity index (χ3n) is 2.92. The number of piperidine rings is 1. The molecule has 1 atom stereocenters. The predicted octanol–water partition coefficient (Wildman–Crippen LogP) is 2.46. The average Bonchev–Trinajstić information content (AvgIpc) is 2.28. The highest BCUT2D eigenvalue weighted by Gasteiger charge is 2.25. The molecule has 1 fully saturated rings. The topological polar surface area (TPSA) is 46.3 Å². The molecule has 0 radical (unpaired) electrons. The van der Waals surface area contributed by atoms with Crippen LogP contribution in [0.4, 0.5) is 4.39 Å². The van der Waals surface area contributed by atoms with E-state index in [4.69, 9.17) is 17.3 Å². The summed E-state index contributed by atoms with van der Waals surface area (Å²) in [4.78, 5) is 13.7. The molecule has 1 aromatic rings. The van der Waals surface area contributed by atoms with Crippen LogP contribution in [0, 0.1) is 5.82 Å². The highest BCUT2D eigenvalue weighted by Crippen LogP contribution is 2.22. The van der Waals surface area contributed by atoms with Crippen molar-refractivity contribution in [3.05, 3.63) is 34.6 Å². The summed E-state index contributed by atoms with van der Waals surface area (Å²) in [6.07, 6.45) is 1.74. The lowest BCUT2D eigenvalue weighted by Gasteiger charge is -2.31. The largest absolute Gasteiger partial charge is 0.337 e. The van der Waals surface area contributed by atoms with Gasteiger partial charge in [-0.2, -0.15) is 0 Å². The molecule has 18 heavy (non-hydrogen) atoms. The standard InChI is InChI=1S/C12H14ClFN2O.ClH/c13-9-4-1-5-10(14)11(9)12(17)16-6-2-3-8(15)7-16;/h1,4-5,8H,2-3,6-7,15H2;1H. The summed E-state index contributed by atoms with van der Waals surface area (Å²) >= 11 is 5.86. The van der Waals surface area contributed by atoms with Crippen molar-refractivity contribution in [3.8, 4) is 0 Å². The molecule has 3 nitrogen and oxygen atoms in total. The Morgan fingerprint density at radius 3 is 2.83 bits per heavy atom. The summed E-state index contributed by atoms with van der Waals surface area (Å²) in [6.45, 7) is 1.07. The maximum absolute atomic E-state index is 13.6. The fourth-order valence-corrected chi connectivity index (χ4v) is 2.30. The maximum Gasteiger partial charge on any atom is 0.258 e. The van der Waals surface area contributed by atoms with Crippen LogP contribution in [0.15, 0.2) is 18.2 Å². The third-order valence-corrected chi connectivity index (χ3v) is 3.24. The Hall–Kier alpha value is -0.840. The fraction of sp³-hybridized carbons (Fsp3) is 0.417. The van der Waals surface area contributed by atoms with Crippen LogP contribution in [-0.4, -0.2) is 29.9 Å². The minimum Gasteiger partial charge on any atom is -0.337 e. The zero-order valence-corrected chi connectivity index (χ0v) is 11.3. The van der Waals surface area contributed by atoms with Gasteiger partial charge in [-0.1, -0.05) is 17.7 Å². The lowest BCUT2D eigenvalue weighted by atomic mass is 10.1. The highest BCUT2D eigenvalue weighted by atomic mass is 35.5. The average molecular weight is 293 g/mol. The van der Waals surface area contributed by atoms with Gasteiger partial charge in [0.2, 0.25) is 0 Å². The van der Waals surface area contributed by atoms with E-state index in [2.05, 4.69) is 0 Å². The minimum absolute atomic E-state index is 0. The molecule has 0 aliphatic carbocycles. The molecule has 1 amide bonds. The summed E-state index contributed by atoms with van der Waals surface area (Å²) < 4.78 is 13.6. The molecule has 0 aromatic heterocycles. The van der Waals surface area contributed by atoms with E-state index >= 15 is 0 Å². The van der Waals surface area contributed by atoms with Crippen molar-refractivity contribution >= 4 is 29.9 Å². The molecule has 100 valence electrons. The number of nitrogens with two attached hydrogens (primary N) is 1. The van der Waals surface area contributed by atoms with Crippen LogP contribution in [0.25, 0.3) is 0 Å². The van der Waals surface area contributed by atoms with Crippen LogP contribution in [0.5, 0.6) is 0 Å². The quantitative estimate of drug-likeness (QED) is 0.864. The number of carbonyl (C=O) groups is 1. The number of amides is 1. The van der Waals surface area contributed by atoms with Gasteiger partial charge in [0.15, 0.2) is 0 Å². The molecule has 1 heterocycles. The van der Waals surface area contributed by atoms with Gasteiger partial charge in [0.1, 0.15) is 5.82 Å². The maximum atomic E-state index is 13.6. The summed E-state index contributed by atoms with van der Waals surface area (Å²) in [6, 6.07) is 4.21. The van der Waals surface area contributed by atoms with Crippen LogP contribution in [0.1, 0.15) is 23.2 Å². The molecular formula is C12H15Cl2FN2O. The number of carbonyl (C=O) groups excluding carboxylic acids is 1. The van der Waals surface area contributed by atoms with E-state index in [9.17, 15) is 9.18 Å². The Morgan fingerprint density at radius 2 is 2.22 bits per heavy atom. The van der Waals surface area contributed by atoms with Gasteiger partial charge >= 0.3 is 0 Å². The summed E-state index contributed by atoms with van der Waals surface area (Å²) in [7, 11) is 0. The van der Waals surface area contributed by atoms with E-state index in [1.807, 2.05) is 0 Å². The SMILES string of the molecule is Cl.NC1CCCN(C(=O)c2c(F)cccc2Cl)C1. The fourth-order valence-electron chi connectivity index (χ4n) is 2.05. The summed E-state index contributed by atoms with van der Waals surface area (Å²) in [5, 5.41) is 0.147. The van der Waals surface area contributed by atoms with Gasteiger partial charge < -0.3 is 10.6 Å². The van der Waals surface area contributed by atoms with Crippen molar-refractivity contribution in [2.45, 2.75) is 18.9 Å². The lowest BCUT2D eigenvalue weighted by molar-refractivity contribution is 0.0704. The molecule has 1 aliphatic heterocycles. The first-order valence-electron chi connectivity index (χ1n) is 5.58. The van der Waals surface area contributed by atoms with Crippen LogP contribution in [0.3, 0.4) is 0 Å². The van der Waals surface area contributed by atoms with Gasteiger partial charge in [-0.15, -0.1) is 12.4 Å². The Bertz CT molecular complexity index is 422. The van der Waals surface area contributed by atoms with Gasteiger partial charge in [0.05, 0.1) is 10.6 Å². The Morgan fingerprint density at radius 1 is 1.50 bits per heavy atom. The Kier molecular flexibility index (Phi) is 5.38. The number of hydrogen-bond donors (Lipinski definition) is 1. The zero-order chi connectivity index (χ0) is 12.4. The van der Waals surface area contributed by atoms with Crippen molar-refractivity contribution in [3.63, 3.8) is 0 Å². The first-order valence-corrected chi connectivity index (χ1v) is 5.96. The van der Waals surface area contributed by atoms with E-state index in [1.165, 1.54) is 18.2 Å². The highest BCUT2D eigenvalue weighted by molar-refractivity contribution is 6.33. The van der Waals surface area contributed by atoms with Crippen LogP contribution in [0.2, 0.25) is 5.02 Å². The molecule has 1 aliphatic rings. The van der Waals surface area contributed by atoms with Crippen LogP contribution in [-0.2, 0) is 0 Å². The zero-order valence-electron chi connectivity index (χ0n) is 9.73. The molecule has 0 saturated carbocycles. The molecule has 1 saturated heterocycles. The molecule has 2 N–H and O–H groups in total. The number of benzene rings is 1. The van der Waals surface area contributed by atoms with Crippen LogP contribution < -0.4 is 5.73 Å². The summed E-state index contributed by atoms with van der Waals surface area (Å²) in [5.41, 5.74) is 5.74. The molecule has 6 heteroatoms. The number of nitrogens with zero attached hydrogens (tertiary/aromatic N) is 1. The van der Waals surface area contributed by atoms with E-state index in [1.54, 1.807) is 4.90 Å². The smallest absolute Gasteiger partial charge is 0.258 e. The Labute approximate surface area is 116 Å². The van der Waals surface area contributed by atoms with Gasteiger partial charge in [0.25, 0.3) is 5.91 Å². The van der Waals surface area contributed by atoms with E-state index in [0.29, 0.717) is 13.1 Å². The second kappa shape index (κ2) is 6.36. The summed E-state index contributed by atoms with van der Waals surface area (Å²) in [5.74, 6) is -0.954. The monoisotopic (exact) mass is 292 g/mol. The van der Waals surface area contributed by atoms with Crippen LogP contribution >= 0.6 is 24.0 Å². The first kappa shape index (κ1) is 15.2. The second-order valence-corrected chi connectivity index (χ2v) is 4.66. The lowest BCUT2D eigenvalue weighted by Crippen LogP contribution is -2.46. The van der Waals surface area contributed by atoms with Crippen molar-refractivity contribution < 1.29 is 9.18 Å². The van der Waals surface area contributed by atoms with Crippen molar-refractivity contribution in [1.82, 2.24) is 4.90 Å².